The van der Waals surface area contributed by atoms with Gasteiger partial charge < -0.3 is 10.1 Å². The number of rotatable bonds is 6. The summed E-state index contributed by atoms with van der Waals surface area (Å²) in [5.41, 5.74) is 0.714. The molecule has 0 radical (unpaired) electrons. The lowest BCUT2D eigenvalue weighted by Crippen LogP contribution is -2.55. The largest absolute Gasteiger partial charge is 0.427 e. The number of carbonyl (C=O) groups excluding carboxylic acids is 3. The van der Waals surface area contributed by atoms with E-state index in [0.29, 0.717) is 22.4 Å². The Kier molecular flexibility index (Phi) is 6.46. The van der Waals surface area contributed by atoms with Crippen molar-refractivity contribution in [2.24, 2.45) is 0 Å². The number of nitrogens with zero attached hydrogens (tertiary/aromatic N) is 2. The summed E-state index contributed by atoms with van der Waals surface area (Å²) in [5.74, 6) is -2.57. The number of aromatic nitrogens is 1. The van der Waals surface area contributed by atoms with Crippen molar-refractivity contribution in [2.75, 3.05) is 0 Å². The molecule has 7 nitrogen and oxygen atoms in total. The van der Waals surface area contributed by atoms with E-state index >= 15 is 0 Å². The Labute approximate surface area is 218 Å². The minimum Gasteiger partial charge on any atom is -0.427 e. The van der Waals surface area contributed by atoms with Gasteiger partial charge in [-0.1, -0.05) is 24.3 Å². The quantitative estimate of drug-likeness (QED) is 0.450. The molecule has 5 rings (SSSR count). The minimum absolute atomic E-state index is 0.120. The van der Waals surface area contributed by atoms with Crippen molar-refractivity contribution in [1.82, 2.24) is 15.2 Å². The molecule has 1 aliphatic heterocycles. The van der Waals surface area contributed by atoms with Gasteiger partial charge in [0.15, 0.2) is 0 Å². The molecule has 198 valence electrons. The van der Waals surface area contributed by atoms with Crippen LogP contribution in [0.5, 0.6) is 0 Å². The second-order valence-electron chi connectivity index (χ2n) is 9.20. The van der Waals surface area contributed by atoms with E-state index in [2.05, 4.69) is 4.98 Å². The standard InChI is InChI=1S/C26H21F4N3O4S/c1-14(26(28,29)30)32-21(34)20(12-15-2-5-18(27)6-3-15)33-23(35)25(37-24(33)36)9-8-16-13-17(4-7-19(16)25)22-31-10-11-38-22/h2-7,10-11,13-14,20H,8-9,12H2,1H3,(H,32,34)/t14-,20?,25+/m0/s1. The van der Waals surface area contributed by atoms with E-state index in [0.717, 1.165) is 35.2 Å². The van der Waals surface area contributed by atoms with E-state index in [1.165, 1.54) is 23.5 Å². The van der Waals surface area contributed by atoms with Crippen LogP contribution in [-0.2, 0) is 32.8 Å². The summed E-state index contributed by atoms with van der Waals surface area (Å²) in [4.78, 5) is 44.8. The summed E-state index contributed by atoms with van der Waals surface area (Å²) in [5, 5.41) is 4.45. The number of aryl methyl sites for hydroxylation is 1. The van der Waals surface area contributed by atoms with Crippen LogP contribution in [0.4, 0.5) is 22.4 Å². The Morgan fingerprint density at radius 3 is 2.61 bits per heavy atom. The van der Waals surface area contributed by atoms with Gasteiger partial charge in [-0.05, 0) is 42.7 Å². The van der Waals surface area contributed by atoms with Crippen LogP contribution in [0.15, 0.2) is 54.0 Å². The fourth-order valence-electron chi connectivity index (χ4n) is 4.79. The monoisotopic (exact) mass is 547 g/mol. The smallest absolute Gasteiger partial charge is 0.418 e. The van der Waals surface area contributed by atoms with E-state index in [1.54, 1.807) is 18.3 Å². The van der Waals surface area contributed by atoms with Gasteiger partial charge in [-0.3, -0.25) is 9.59 Å². The number of ether oxygens (including phenoxy) is 1. The number of nitrogens with one attached hydrogen (secondary N) is 1. The topological polar surface area (TPSA) is 88.6 Å². The lowest BCUT2D eigenvalue weighted by atomic mass is 9.93. The van der Waals surface area contributed by atoms with Crippen molar-refractivity contribution in [3.05, 3.63) is 76.5 Å². The van der Waals surface area contributed by atoms with Crippen molar-refractivity contribution >= 4 is 29.2 Å². The SMILES string of the molecule is C[C@H](NC(=O)C(Cc1ccc(F)cc1)N1C(=O)O[C@@]2(CCc3cc(-c4nccs4)ccc32)C1=O)C(F)(F)F. The van der Waals surface area contributed by atoms with E-state index in [-0.39, 0.29) is 12.8 Å². The Bertz CT molecular complexity index is 1390. The molecule has 2 aliphatic rings. The Balaban J connectivity index is 1.48. The van der Waals surface area contributed by atoms with Crippen LogP contribution in [0, 0.1) is 5.82 Å². The normalized spacial score (nSPS) is 20.4. The predicted molar refractivity (Wildman–Crippen MR) is 128 cm³/mol. The number of benzene rings is 2. The third-order valence-corrected chi connectivity index (χ3v) is 7.62. The summed E-state index contributed by atoms with van der Waals surface area (Å²) in [7, 11) is 0. The minimum atomic E-state index is -4.74. The highest BCUT2D eigenvalue weighted by Gasteiger charge is 2.60. The number of thiazole rings is 1. The maximum Gasteiger partial charge on any atom is 0.418 e. The number of carbonyl (C=O) groups is 3. The van der Waals surface area contributed by atoms with Gasteiger partial charge >= 0.3 is 12.3 Å². The molecule has 2 aromatic carbocycles. The van der Waals surface area contributed by atoms with Crippen LogP contribution in [0.2, 0.25) is 0 Å². The van der Waals surface area contributed by atoms with Crippen LogP contribution in [0.25, 0.3) is 10.6 Å². The molecule has 1 spiro atoms. The van der Waals surface area contributed by atoms with Crippen molar-refractivity contribution in [2.45, 2.75) is 50.0 Å². The summed E-state index contributed by atoms with van der Waals surface area (Å²) in [6.45, 7) is 0.756. The van der Waals surface area contributed by atoms with E-state index in [9.17, 15) is 31.9 Å². The second-order valence-corrected chi connectivity index (χ2v) is 10.1. The highest BCUT2D eigenvalue weighted by molar-refractivity contribution is 7.13. The molecule has 1 saturated heterocycles. The maximum absolute atomic E-state index is 13.8. The summed E-state index contributed by atoms with van der Waals surface area (Å²) >= 11 is 1.44. The predicted octanol–water partition coefficient (Wildman–Crippen LogP) is 4.75. The first-order chi connectivity index (χ1) is 18.0. The molecule has 1 fully saturated rings. The number of alkyl halides is 3. The average molecular weight is 548 g/mol. The summed E-state index contributed by atoms with van der Waals surface area (Å²) in [6, 6.07) is 6.29. The third kappa shape index (κ3) is 4.53. The molecular weight excluding hydrogens is 526 g/mol. The van der Waals surface area contributed by atoms with Crippen LogP contribution >= 0.6 is 11.3 Å². The molecule has 38 heavy (non-hydrogen) atoms. The Hall–Kier alpha value is -3.80. The molecule has 2 heterocycles. The molecule has 12 heteroatoms. The highest BCUT2D eigenvalue weighted by Crippen LogP contribution is 2.47. The van der Waals surface area contributed by atoms with Crippen molar-refractivity contribution in [3.8, 4) is 10.6 Å². The Morgan fingerprint density at radius 1 is 1.21 bits per heavy atom. The van der Waals surface area contributed by atoms with Crippen LogP contribution in [0.3, 0.4) is 0 Å². The zero-order valence-electron chi connectivity index (χ0n) is 19.9. The first-order valence-corrected chi connectivity index (χ1v) is 12.6. The first-order valence-electron chi connectivity index (χ1n) is 11.7. The summed E-state index contributed by atoms with van der Waals surface area (Å²) < 4.78 is 58.6. The molecule has 1 unspecified atom stereocenters. The molecule has 3 aromatic rings. The van der Waals surface area contributed by atoms with E-state index < -0.39 is 47.6 Å². The van der Waals surface area contributed by atoms with Crippen LogP contribution in [0.1, 0.15) is 30.0 Å². The number of fused-ring (bicyclic) bond motifs is 2. The van der Waals surface area contributed by atoms with E-state index in [1.807, 2.05) is 16.8 Å². The van der Waals surface area contributed by atoms with Gasteiger partial charge in [0.25, 0.3) is 5.91 Å². The number of hydrogen-bond acceptors (Lipinski definition) is 6. The van der Waals surface area contributed by atoms with Crippen LogP contribution in [-0.4, -0.2) is 46.1 Å². The molecule has 1 aliphatic carbocycles. The number of imide groups is 1. The number of hydrogen-bond donors (Lipinski definition) is 1. The lowest BCUT2D eigenvalue weighted by Gasteiger charge is -2.27. The summed E-state index contributed by atoms with van der Waals surface area (Å²) in [6.07, 6.45) is -4.01. The Morgan fingerprint density at radius 2 is 1.95 bits per heavy atom. The van der Waals surface area contributed by atoms with Crippen molar-refractivity contribution in [3.63, 3.8) is 0 Å². The average Bonchev–Trinajstić information content (AvgIpc) is 3.58. The number of amides is 3. The third-order valence-electron chi connectivity index (χ3n) is 6.79. The zero-order chi connectivity index (χ0) is 27.2. The van der Waals surface area contributed by atoms with Gasteiger partial charge in [-0.15, -0.1) is 11.3 Å². The van der Waals surface area contributed by atoms with E-state index in [4.69, 9.17) is 4.74 Å². The fraction of sp³-hybridized carbons (Fsp3) is 0.308. The van der Waals surface area contributed by atoms with Crippen LogP contribution < -0.4 is 5.32 Å². The highest BCUT2D eigenvalue weighted by atomic mass is 32.1. The lowest BCUT2D eigenvalue weighted by molar-refractivity contribution is -0.160. The molecule has 0 bridgehead atoms. The zero-order valence-corrected chi connectivity index (χ0v) is 20.7. The van der Waals surface area contributed by atoms with Gasteiger partial charge in [-0.2, -0.15) is 13.2 Å². The molecule has 3 amide bonds. The second kappa shape index (κ2) is 9.50. The molecule has 1 N–H and O–H groups in total. The van der Waals surface area contributed by atoms with Crippen molar-refractivity contribution < 1.29 is 36.7 Å². The fourth-order valence-corrected chi connectivity index (χ4v) is 5.43. The van der Waals surface area contributed by atoms with Gasteiger partial charge in [0.2, 0.25) is 11.5 Å². The first kappa shape index (κ1) is 25.8. The molecule has 3 atom stereocenters. The van der Waals surface area contributed by atoms with Gasteiger partial charge in [0.05, 0.1) is 0 Å². The number of halogens is 4. The van der Waals surface area contributed by atoms with Gasteiger partial charge in [0.1, 0.15) is 22.9 Å². The molecule has 0 saturated carbocycles. The molecule has 1 aromatic heterocycles. The van der Waals surface area contributed by atoms with Gasteiger partial charge in [0, 0.05) is 35.5 Å². The maximum atomic E-state index is 13.8. The van der Waals surface area contributed by atoms with Gasteiger partial charge in [-0.25, -0.2) is 19.1 Å². The van der Waals surface area contributed by atoms with Crippen molar-refractivity contribution in [1.29, 1.82) is 0 Å². The molecular formula is C26H21F4N3O4S.